The minimum atomic E-state index is -4.28. The molecule has 1 saturated heterocycles. The van der Waals surface area contributed by atoms with E-state index in [1.54, 1.807) is 12.1 Å². The number of piperidine rings is 1. The van der Waals surface area contributed by atoms with Crippen LogP contribution in [0, 0.1) is 5.92 Å². The van der Waals surface area contributed by atoms with Crippen LogP contribution >= 0.6 is 11.8 Å². The predicted molar refractivity (Wildman–Crippen MR) is 118 cm³/mol. The topological polar surface area (TPSA) is 3.24 Å². The Bertz CT molecular complexity index is 1010. The van der Waals surface area contributed by atoms with Crippen molar-refractivity contribution >= 4 is 29.5 Å². The van der Waals surface area contributed by atoms with Crippen LogP contribution in [0.4, 0.5) is 13.2 Å². The number of fused-ring (bicyclic) bond motifs is 2. The van der Waals surface area contributed by atoms with Gasteiger partial charge in [-0.25, -0.2) is 0 Å². The van der Waals surface area contributed by atoms with E-state index in [4.69, 9.17) is 0 Å². The molecule has 5 rings (SSSR count). The molecule has 156 valence electrons. The molecule has 5 heteroatoms. The van der Waals surface area contributed by atoms with Gasteiger partial charge in [-0.05, 0) is 83.3 Å². The summed E-state index contributed by atoms with van der Waals surface area (Å²) < 4.78 is 39.1. The van der Waals surface area contributed by atoms with Crippen LogP contribution in [0.3, 0.4) is 0 Å². The molecule has 1 heterocycles. The standard InChI is InChI=1S/C25H24F3NS/c26-25(27,28)30-21-10-9-19-8-7-18-3-1-2-4-22(18)24(23(19)15-21)20-11-13-29(14-12-20)16-17-5-6-17/h1-4,7-10,15,17H,5-6,11-14,16H2. The van der Waals surface area contributed by atoms with E-state index < -0.39 is 5.51 Å². The lowest BCUT2D eigenvalue weighted by Gasteiger charge is -2.30. The molecule has 0 unspecified atom stereocenters. The molecular weight excluding hydrogens is 403 g/mol. The SMILES string of the molecule is FC(F)(F)Sc1ccc2c(c1)C(=C1CCN(CC3CC3)CC1)c1ccccc1C=C2. The summed E-state index contributed by atoms with van der Waals surface area (Å²) in [6.07, 6.45) is 8.79. The lowest BCUT2D eigenvalue weighted by molar-refractivity contribution is -0.0328. The highest BCUT2D eigenvalue weighted by Gasteiger charge is 2.31. The molecule has 2 aromatic carbocycles. The van der Waals surface area contributed by atoms with E-state index >= 15 is 0 Å². The zero-order valence-corrected chi connectivity index (χ0v) is 17.5. The maximum Gasteiger partial charge on any atom is 0.446 e. The maximum atomic E-state index is 13.0. The summed E-state index contributed by atoms with van der Waals surface area (Å²) in [6, 6.07) is 13.4. The van der Waals surface area contributed by atoms with Crippen molar-refractivity contribution in [1.29, 1.82) is 0 Å². The highest BCUT2D eigenvalue weighted by atomic mass is 32.2. The first-order valence-electron chi connectivity index (χ1n) is 10.6. The summed E-state index contributed by atoms with van der Waals surface area (Å²) in [5.74, 6) is 0.879. The molecule has 2 aromatic rings. The number of nitrogens with zero attached hydrogens (tertiary/aromatic N) is 1. The third-order valence-corrected chi connectivity index (χ3v) is 6.95. The summed E-state index contributed by atoms with van der Waals surface area (Å²) in [4.78, 5) is 2.80. The Balaban J connectivity index is 1.57. The van der Waals surface area contributed by atoms with E-state index in [1.807, 2.05) is 24.3 Å². The fourth-order valence-electron chi connectivity index (χ4n) is 4.59. The van der Waals surface area contributed by atoms with Gasteiger partial charge >= 0.3 is 5.51 Å². The van der Waals surface area contributed by atoms with Crippen molar-refractivity contribution in [2.45, 2.75) is 36.1 Å². The molecule has 3 aliphatic rings. The lowest BCUT2D eigenvalue weighted by atomic mass is 9.86. The maximum absolute atomic E-state index is 13.0. The monoisotopic (exact) mass is 427 g/mol. The normalized spacial score (nSPS) is 19.4. The Hall–Kier alpha value is -1.98. The minimum absolute atomic E-state index is 0.0304. The Morgan fingerprint density at radius 2 is 1.60 bits per heavy atom. The van der Waals surface area contributed by atoms with E-state index in [-0.39, 0.29) is 16.7 Å². The lowest BCUT2D eigenvalue weighted by Crippen LogP contribution is -2.32. The van der Waals surface area contributed by atoms with Gasteiger partial charge in [0.15, 0.2) is 0 Å². The molecule has 0 spiro atoms. The van der Waals surface area contributed by atoms with Crippen LogP contribution in [0.5, 0.6) is 0 Å². The van der Waals surface area contributed by atoms with Crippen molar-refractivity contribution in [2.24, 2.45) is 5.92 Å². The van der Waals surface area contributed by atoms with E-state index in [0.29, 0.717) is 0 Å². The van der Waals surface area contributed by atoms with Crippen molar-refractivity contribution < 1.29 is 13.2 Å². The molecule has 0 amide bonds. The van der Waals surface area contributed by atoms with Crippen molar-refractivity contribution in [3.8, 4) is 0 Å². The van der Waals surface area contributed by atoms with Gasteiger partial charge in [0.25, 0.3) is 0 Å². The Kier molecular flexibility index (Phi) is 5.28. The molecule has 0 bridgehead atoms. The number of halogens is 3. The first kappa shape index (κ1) is 20.0. The van der Waals surface area contributed by atoms with Gasteiger partial charge in [0.2, 0.25) is 0 Å². The van der Waals surface area contributed by atoms with Crippen molar-refractivity contribution in [3.05, 3.63) is 70.3 Å². The van der Waals surface area contributed by atoms with Gasteiger partial charge in [0.1, 0.15) is 0 Å². The van der Waals surface area contributed by atoms with Gasteiger partial charge in [-0.2, -0.15) is 13.2 Å². The molecule has 1 aliphatic heterocycles. The van der Waals surface area contributed by atoms with Gasteiger partial charge in [-0.1, -0.05) is 48.1 Å². The average molecular weight is 428 g/mol. The number of rotatable bonds is 3. The molecule has 0 aromatic heterocycles. The van der Waals surface area contributed by atoms with Gasteiger partial charge in [0.05, 0.1) is 0 Å². The number of likely N-dealkylation sites (tertiary alicyclic amines) is 1. The third kappa shape index (κ3) is 4.37. The van der Waals surface area contributed by atoms with Gasteiger partial charge in [0, 0.05) is 24.5 Å². The zero-order chi connectivity index (χ0) is 20.7. The molecule has 0 atom stereocenters. The molecule has 1 nitrogen and oxygen atoms in total. The minimum Gasteiger partial charge on any atom is -0.302 e. The summed E-state index contributed by atoms with van der Waals surface area (Å²) in [7, 11) is 0. The van der Waals surface area contributed by atoms with E-state index in [0.717, 1.165) is 59.7 Å². The van der Waals surface area contributed by atoms with E-state index in [9.17, 15) is 13.2 Å². The fraction of sp³-hybridized carbons (Fsp3) is 0.360. The van der Waals surface area contributed by atoms with Crippen LogP contribution in [-0.4, -0.2) is 30.0 Å². The van der Waals surface area contributed by atoms with Crippen LogP contribution in [0.1, 0.15) is 47.9 Å². The zero-order valence-electron chi connectivity index (χ0n) is 16.7. The fourth-order valence-corrected chi connectivity index (χ4v) is 5.17. The van der Waals surface area contributed by atoms with Crippen LogP contribution in [0.25, 0.3) is 17.7 Å². The number of alkyl halides is 3. The summed E-state index contributed by atoms with van der Waals surface area (Å²) in [5.41, 5.74) is 2.40. The van der Waals surface area contributed by atoms with Gasteiger partial charge in [-0.15, -0.1) is 0 Å². The van der Waals surface area contributed by atoms with Crippen LogP contribution < -0.4 is 0 Å². The number of hydrogen-bond donors (Lipinski definition) is 0. The largest absolute Gasteiger partial charge is 0.446 e. The van der Waals surface area contributed by atoms with Crippen LogP contribution in [0.2, 0.25) is 0 Å². The Morgan fingerprint density at radius 3 is 2.30 bits per heavy atom. The Labute approximate surface area is 179 Å². The predicted octanol–water partition coefficient (Wildman–Crippen LogP) is 7.09. The number of thioether (sulfide) groups is 1. The van der Waals surface area contributed by atoms with Gasteiger partial charge in [-0.3, -0.25) is 0 Å². The van der Waals surface area contributed by atoms with Crippen LogP contribution in [0.15, 0.2) is 52.9 Å². The highest BCUT2D eigenvalue weighted by Crippen LogP contribution is 2.43. The summed E-state index contributed by atoms with van der Waals surface area (Å²) >= 11 is -0.0304. The molecule has 2 fully saturated rings. The molecule has 30 heavy (non-hydrogen) atoms. The van der Waals surface area contributed by atoms with E-state index in [2.05, 4.69) is 23.1 Å². The second-order valence-corrected chi connectivity index (χ2v) is 9.58. The number of hydrogen-bond acceptors (Lipinski definition) is 2. The van der Waals surface area contributed by atoms with Crippen molar-refractivity contribution in [2.75, 3.05) is 19.6 Å². The third-order valence-electron chi connectivity index (χ3n) is 6.23. The van der Waals surface area contributed by atoms with Crippen molar-refractivity contribution in [1.82, 2.24) is 4.90 Å². The molecule has 0 radical (unpaired) electrons. The highest BCUT2D eigenvalue weighted by molar-refractivity contribution is 8.00. The molecule has 2 aliphatic carbocycles. The molecule has 1 saturated carbocycles. The average Bonchev–Trinajstić information content (AvgIpc) is 3.53. The second-order valence-electron chi connectivity index (χ2n) is 8.44. The smallest absolute Gasteiger partial charge is 0.302 e. The first-order chi connectivity index (χ1) is 14.5. The Morgan fingerprint density at radius 1 is 0.900 bits per heavy atom. The van der Waals surface area contributed by atoms with Crippen LogP contribution in [-0.2, 0) is 0 Å². The summed E-state index contributed by atoms with van der Waals surface area (Å²) in [6.45, 7) is 3.28. The molecular formula is C25H24F3NS. The quantitative estimate of drug-likeness (QED) is 0.411. The molecule has 0 N–H and O–H groups in total. The van der Waals surface area contributed by atoms with E-state index in [1.165, 1.54) is 25.0 Å². The second kappa shape index (κ2) is 7.93. The van der Waals surface area contributed by atoms with Crippen molar-refractivity contribution in [3.63, 3.8) is 0 Å². The summed E-state index contributed by atoms with van der Waals surface area (Å²) in [5, 5.41) is 0. The number of benzene rings is 2. The first-order valence-corrected chi connectivity index (χ1v) is 11.4. The van der Waals surface area contributed by atoms with Gasteiger partial charge < -0.3 is 4.90 Å².